The van der Waals surface area contributed by atoms with Crippen LogP contribution in [0.25, 0.3) is 0 Å². The van der Waals surface area contributed by atoms with Gasteiger partial charge in [-0.25, -0.2) is 0 Å². The van der Waals surface area contributed by atoms with Crippen LogP contribution in [0, 0.1) is 5.92 Å². The summed E-state index contributed by atoms with van der Waals surface area (Å²) in [4.78, 5) is 24.8. The summed E-state index contributed by atoms with van der Waals surface area (Å²) in [6.45, 7) is 6.19. The second kappa shape index (κ2) is 10.5. The van der Waals surface area contributed by atoms with Crippen LogP contribution in [0.3, 0.4) is 0 Å². The topological polar surface area (TPSA) is 58.2 Å². The van der Waals surface area contributed by atoms with E-state index in [4.69, 9.17) is 0 Å². The van der Waals surface area contributed by atoms with Gasteiger partial charge in [0.05, 0.1) is 0 Å². The monoisotopic (exact) mass is 366 g/mol. The molecule has 144 valence electrons. The van der Waals surface area contributed by atoms with Crippen LogP contribution in [0.15, 0.2) is 48.5 Å². The minimum absolute atomic E-state index is 0.000209. The molecule has 4 nitrogen and oxygen atoms in total. The maximum atomic E-state index is 12.5. The molecule has 0 unspecified atom stereocenters. The lowest BCUT2D eigenvalue weighted by Gasteiger charge is -2.13. The van der Waals surface area contributed by atoms with Crippen LogP contribution in [0.2, 0.25) is 0 Å². The summed E-state index contributed by atoms with van der Waals surface area (Å²) in [5.41, 5.74) is 3.22. The maximum Gasteiger partial charge on any atom is 0.255 e. The number of benzene rings is 2. The fraction of sp³-hybridized carbons (Fsp3) is 0.391. The molecule has 0 radical (unpaired) electrons. The van der Waals surface area contributed by atoms with Gasteiger partial charge >= 0.3 is 0 Å². The lowest BCUT2D eigenvalue weighted by Crippen LogP contribution is -2.22. The first-order chi connectivity index (χ1) is 13.1. The second-order valence-corrected chi connectivity index (χ2v) is 6.84. The summed E-state index contributed by atoms with van der Waals surface area (Å²) in [5, 5.41) is 5.83. The maximum absolute atomic E-state index is 12.5. The zero-order chi connectivity index (χ0) is 19.6. The van der Waals surface area contributed by atoms with Gasteiger partial charge in [0.2, 0.25) is 5.91 Å². The number of carbonyl (C=O) groups is 2. The molecule has 0 saturated heterocycles. The number of amides is 2. The van der Waals surface area contributed by atoms with Crippen LogP contribution in [0.1, 0.15) is 62.4 Å². The van der Waals surface area contributed by atoms with Gasteiger partial charge < -0.3 is 10.6 Å². The lowest BCUT2D eigenvalue weighted by molar-refractivity contribution is -0.120. The minimum Gasteiger partial charge on any atom is -0.326 e. The first-order valence-electron chi connectivity index (χ1n) is 9.88. The molecule has 4 heteroatoms. The highest BCUT2D eigenvalue weighted by Crippen LogP contribution is 2.17. The quantitative estimate of drug-likeness (QED) is 0.602. The number of rotatable bonds is 9. The van der Waals surface area contributed by atoms with E-state index in [-0.39, 0.29) is 17.7 Å². The number of hydrogen-bond donors (Lipinski definition) is 2. The molecule has 0 aliphatic rings. The van der Waals surface area contributed by atoms with E-state index in [0.717, 1.165) is 24.9 Å². The molecule has 0 aromatic heterocycles. The van der Waals surface area contributed by atoms with E-state index in [0.29, 0.717) is 11.3 Å². The van der Waals surface area contributed by atoms with Gasteiger partial charge in [0.25, 0.3) is 5.91 Å². The van der Waals surface area contributed by atoms with Gasteiger partial charge in [0.1, 0.15) is 0 Å². The molecule has 2 N–H and O–H groups in total. The summed E-state index contributed by atoms with van der Waals surface area (Å²) in [7, 11) is 0. The molecule has 0 spiro atoms. The van der Waals surface area contributed by atoms with Crippen LogP contribution in [0.4, 0.5) is 11.4 Å². The van der Waals surface area contributed by atoms with Crippen molar-refractivity contribution in [3.8, 4) is 0 Å². The number of hydrogen-bond acceptors (Lipinski definition) is 2. The molecule has 0 aliphatic heterocycles. The standard InChI is InChI=1S/C23H30N2O2/c1-4-7-9-17-12-14-20(15-13-17)24-23(27)19-10-8-11-21(16-19)25-22(26)18(5-2)6-3/h8,10-16,18H,4-7,9H2,1-3H3,(H,24,27)(H,25,26). The third-order valence-corrected chi connectivity index (χ3v) is 4.78. The van der Waals surface area contributed by atoms with Crippen molar-refractivity contribution in [3.63, 3.8) is 0 Å². The zero-order valence-corrected chi connectivity index (χ0v) is 16.5. The van der Waals surface area contributed by atoms with Gasteiger partial charge in [0, 0.05) is 22.9 Å². The lowest BCUT2D eigenvalue weighted by atomic mass is 10.0. The predicted molar refractivity (Wildman–Crippen MR) is 112 cm³/mol. The van der Waals surface area contributed by atoms with Crippen molar-refractivity contribution in [1.29, 1.82) is 0 Å². The van der Waals surface area contributed by atoms with Crippen molar-refractivity contribution in [2.45, 2.75) is 52.9 Å². The van der Waals surface area contributed by atoms with Crippen LogP contribution in [-0.4, -0.2) is 11.8 Å². The average Bonchev–Trinajstić information content (AvgIpc) is 2.68. The third kappa shape index (κ3) is 6.24. The SMILES string of the molecule is CCCCc1ccc(NC(=O)c2cccc(NC(=O)C(CC)CC)c2)cc1. The summed E-state index contributed by atoms with van der Waals surface area (Å²) in [6, 6.07) is 15.0. The molecule has 2 amide bonds. The fourth-order valence-corrected chi connectivity index (χ4v) is 2.98. The second-order valence-electron chi connectivity index (χ2n) is 6.84. The van der Waals surface area contributed by atoms with E-state index >= 15 is 0 Å². The molecular weight excluding hydrogens is 336 g/mol. The summed E-state index contributed by atoms with van der Waals surface area (Å²) in [5.74, 6) is -0.191. The fourth-order valence-electron chi connectivity index (χ4n) is 2.98. The molecular formula is C23H30N2O2. The largest absolute Gasteiger partial charge is 0.326 e. The van der Waals surface area contributed by atoms with Crippen LogP contribution in [0.5, 0.6) is 0 Å². The summed E-state index contributed by atoms with van der Waals surface area (Å²) >= 11 is 0. The Morgan fingerprint density at radius 1 is 0.889 bits per heavy atom. The van der Waals surface area contributed by atoms with Gasteiger partial charge in [-0.3, -0.25) is 9.59 Å². The van der Waals surface area contributed by atoms with E-state index < -0.39 is 0 Å². The Hall–Kier alpha value is -2.62. The number of carbonyl (C=O) groups excluding carboxylic acids is 2. The number of unbranched alkanes of at least 4 members (excludes halogenated alkanes) is 1. The van der Waals surface area contributed by atoms with E-state index in [1.165, 1.54) is 18.4 Å². The van der Waals surface area contributed by atoms with Crippen LogP contribution >= 0.6 is 0 Å². The molecule has 0 aliphatic carbocycles. The molecule has 2 rings (SSSR count). The third-order valence-electron chi connectivity index (χ3n) is 4.78. The van der Waals surface area contributed by atoms with Gasteiger partial charge in [-0.05, 0) is 61.6 Å². The van der Waals surface area contributed by atoms with E-state index in [1.807, 2.05) is 26.0 Å². The van der Waals surface area contributed by atoms with Gasteiger partial charge in [-0.15, -0.1) is 0 Å². The summed E-state index contributed by atoms with van der Waals surface area (Å²) < 4.78 is 0. The highest BCUT2D eigenvalue weighted by molar-refractivity contribution is 6.05. The molecule has 0 atom stereocenters. The van der Waals surface area contributed by atoms with E-state index in [1.54, 1.807) is 24.3 Å². The Morgan fingerprint density at radius 2 is 1.59 bits per heavy atom. The Labute approximate surface area is 162 Å². The molecule has 2 aromatic carbocycles. The predicted octanol–water partition coefficient (Wildman–Crippen LogP) is 5.66. The highest BCUT2D eigenvalue weighted by Gasteiger charge is 2.15. The molecule has 27 heavy (non-hydrogen) atoms. The number of aryl methyl sites for hydroxylation is 1. The van der Waals surface area contributed by atoms with Crippen molar-refractivity contribution < 1.29 is 9.59 Å². The number of nitrogens with one attached hydrogen (secondary N) is 2. The molecule has 0 heterocycles. The molecule has 2 aromatic rings. The van der Waals surface area contributed by atoms with Gasteiger partial charge in [-0.2, -0.15) is 0 Å². The van der Waals surface area contributed by atoms with E-state index in [2.05, 4.69) is 29.7 Å². The van der Waals surface area contributed by atoms with Crippen molar-refractivity contribution in [3.05, 3.63) is 59.7 Å². The number of anilines is 2. The molecule has 0 saturated carbocycles. The summed E-state index contributed by atoms with van der Waals surface area (Å²) in [6.07, 6.45) is 5.00. The smallest absolute Gasteiger partial charge is 0.255 e. The van der Waals surface area contributed by atoms with Gasteiger partial charge in [0.15, 0.2) is 0 Å². The zero-order valence-electron chi connectivity index (χ0n) is 16.5. The Bertz CT molecular complexity index is 749. The van der Waals surface area contributed by atoms with Crippen molar-refractivity contribution >= 4 is 23.2 Å². The normalized spacial score (nSPS) is 10.7. The first-order valence-corrected chi connectivity index (χ1v) is 9.88. The Balaban J connectivity index is 2.01. The Morgan fingerprint density at radius 3 is 2.22 bits per heavy atom. The van der Waals surface area contributed by atoms with E-state index in [9.17, 15) is 9.59 Å². The van der Waals surface area contributed by atoms with Crippen molar-refractivity contribution in [2.24, 2.45) is 5.92 Å². The van der Waals surface area contributed by atoms with Crippen LogP contribution in [-0.2, 0) is 11.2 Å². The van der Waals surface area contributed by atoms with Crippen molar-refractivity contribution in [1.82, 2.24) is 0 Å². The molecule has 0 fully saturated rings. The van der Waals surface area contributed by atoms with Gasteiger partial charge in [-0.1, -0.05) is 45.4 Å². The first kappa shape index (κ1) is 20.7. The highest BCUT2D eigenvalue weighted by atomic mass is 16.2. The minimum atomic E-state index is -0.185. The average molecular weight is 367 g/mol. The van der Waals surface area contributed by atoms with Crippen LogP contribution < -0.4 is 10.6 Å². The van der Waals surface area contributed by atoms with Crippen molar-refractivity contribution in [2.75, 3.05) is 10.6 Å². The molecule has 0 bridgehead atoms. The Kier molecular flexibility index (Phi) is 8.05.